The van der Waals surface area contributed by atoms with Crippen LogP contribution >= 0.6 is 0 Å². The lowest BCUT2D eigenvalue weighted by Gasteiger charge is -2.40. The Labute approximate surface area is 112 Å². The predicted octanol–water partition coefficient (Wildman–Crippen LogP) is 3.19. The highest BCUT2D eigenvalue weighted by Crippen LogP contribution is 2.43. The number of rotatable bonds is 4. The van der Waals surface area contributed by atoms with Gasteiger partial charge in [0.25, 0.3) is 0 Å². The predicted molar refractivity (Wildman–Crippen MR) is 77.7 cm³/mol. The molecule has 0 aliphatic heterocycles. The van der Waals surface area contributed by atoms with E-state index in [1.54, 1.807) is 0 Å². The van der Waals surface area contributed by atoms with E-state index in [0.29, 0.717) is 17.4 Å². The van der Waals surface area contributed by atoms with Gasteiger partial charge in [0.1, 0.15) is 0 Å². The van der Waals surface area contributed by atoms with Crippen molar-refractivity contribution in [1.82, 2.24) is 5.32 Å². The topological polar surface area (TPSA) is 50.4 Å². The van der Waals surface area contributed by atoms with Crippen LogP contribution in [0.4, 0.5) is 0 Å². The van der Waals surface area contributed by atoms with Crippen LogP contribution in [-0.4, -0.2) is 18.5 Å². The van der Waals surface area contributed by atoms with Crippen LogP contribution in [0, 0.1) is 5.41 Å². The molecule has 0 bridgehead atoms. The molecule has 3 nitrogen and oxygen atoms in total. The Bertz CT molecular complexity index is 268. The molecule has 3 heteroatoms. The molecule has 2 saturated carbocycles. The molecular weight excluding hydrogens is 222 g/mol. The summed E-state index contributed by atoms with van der Waals surface area (Å²) in [7, 11) is 0. The molecule has 104 valence electrons. The summed E-state index contributed by atoms with van der Waals surface area (Å²) in [6, 6.07) is 0.565. The Morgan fingerprint density at radius 1 is 1.17 bits per heavy atom. The fourth-order valence-corrected chi connectivity index (χ4v) is 3.23. The molecular formula is C15H29N3. The van der Waals surface area contributed by atoms with Crippen LogP contribution < -0.4 is 11.1 Å². The maximum atomic E-state index is 6.04. The Morgan fingerprint density at radius 3 is 2.33 bits per heavy atom. The second kappa shape index (κ2) is 6.44. The van der Waals surface area contributed by atoms with Gasteiger partial charge in [-0.1, -0.05) is 39.0 Å². The van der Waals surface area contributed by atoms with Gasteiger partial charge >= 0.3 is 0 Å². The van der Waals surface area contributed by atoms with Crippen molar-refractivity contribution in [2.75, 3.05) is 6.54 Å². The van der Waals surface area contributed by atoms with Gasteiger partial charge in [-0.05, 0) is 37.5 Å². The van der Waals surface area contributed by atoms with Gasteiger partial charge in [-0.3, -0.25) is 4.99 Å². The SMILES string of the molecule is CCC1(CN=C(N)NC2CCCCCC2)CCC1. The molecule has 0 heterocycles. The van der Waals surface area contributed by atoms with E-state index in [4.69, 9.17) is 5.73 Å². The van der Waals surface area contributed by atoms with Crippen molar-refractivity contribution in [3.63, 3.8) is 0 Å². The van der Waals surface area contributed by atoms with Crippen LogP contribution in [0.2, 0.25) is 0 Å². The summed E-state index contributed by atoms with van der Waals surface area (Å²) in [6.45, 7) is 3.21. The second-order valence-corrected chi connectivity index (χ2v) is 6.24. The Kier molecular flexibility index (Phi) is 4.90. The van der Waals surface area contributed by atoms with E-state index in [1.807, 2.05) is 0 Å². The van der Waals surface area contributed by atoms with Crippen molar-refractivity contribution < 1.29 is 0 Å². The zero-order valence-electron chi connectivity index (χ0n) is 11.9. The highest BCUT2D eigenvalue weighted by atomic mass is 15.1. The number of nitrogens with two attached hydrogens (primary N) is 1. The maximum Gasteiger partial charge on any atom is 0.188 e. The van der Waals surface area contributed by atoms with E-state index in [1.165, 1.54) is 64.2 Å². The Morgan fingerprint density at radius 2 is 1.83 bits per heavy atom. The summed E-state index contributed by atoms with van der Waals surface area (Å²) in [5, 5.41) is 3.43. The lowest BCUT2D eigenvalue weighted by Crippen LogP contribution is -2.41. The average molecular weight is 251 g/mol. The van der Waals surface area contributed by atoms with Crippen molar-refractivity contribution in [1.29, 1.82) is 0 Å². The molecule has 0 aromatic heterocycles. The van der Waals surface area contributed by atoms with Gasteiger partial charge in [-0.15, -0.1) is 0 Å². The van der Waals surface area contributed by atoms with Gasteiger partial charge in [0.05, 0.1) is 0 Å². The molecule has 0 amide bonds. The monoisotopic (exact) mass is 251 g/mol. The molecule has 2 aliphatic carbocycles. The third-order valence-electron chi connectivity index (χ3n) is 4.96. The summed E-state index contributed by atoms with van der Waals surface area (Å²) >= 11 is 0. The first-order chi connectivity index (χ1) is 8.74. The van der Waals surface area contributed by atoms with Gasteiger partial charge in [0.2, 0.25) is 0 Å². The number of aliphatic imine (C=N–C) groups is 1. The average Bonchev–Trinajstić information content (AvgIpc) is 2.57. The van der Waals surface area contributed by atoms with Crippen LogP contribution in [-0.2, 0) is 0 Å². The van der Waals surface area contributed by atoms with Crippen molar-refractivity contribution in [2.24, 2.45) is 16.1 Å². The summed E-state index contributed by atoms with van der Waals surface area (Å²) < 4.78 is 0. The van der Waals surface area contributed by atoms with Crippen LogP contribution in [0.15, 0.2) is 4.99 Å². The van der Waals surface area contributed by atoms with E-state index in [9.17, 15) is 0 Å². The van der Waals surface area contributed by atoms with Crippen molar-refractivity contribution in [3.05, 3.63) is 0 Å². The largest absolute Gasteiger partial charge is 0.370 e. The fraction of sp³-hybridized carbons (Fsp3) is 0.933. The number of hydrogen-bond acceptors (Lipinski definition) is 1. The van der Waals surface area contributed by atoms with Gasteiger partial charge in [0, 0.05) is 12.6 Å². The van der Waals surface area contributed by atoms with E-state index >= 15 is 0 Å². The summed E-state index contributed by atoms with van der Waals surface area (Å²) in [6.07, 6.45) is 13.3. The molecule has 2 aliphatic rings. The smallest absolute Gasteiger partial charge is 0.188 e. The zero-order valence-corrected chi connectivity index (χ0v) is 11.9. The van der Waals surface area contributed by atoms with Gasteiger partial charge in [-0.2, -0.15) is 0 Å². The van der Waals surface area contributed by atoms with Gasteiger partial charge in [0.15, 0.2) is 5.96 Å². The third-order valence-corrected chi connectivity index (χ3v) is 4.96. The van der Waals surface area contributed by atoms with Gasteiger partial charge in [-0.25, -0.2) is 0 Å². The minimum Gasteiger partial charge on any atom is -0.370 e. The molecule has 0 unspecified atom stereocenters. The number of nitrogens with zero attached hydrogens (tertiary/aromatic N) is 1. The van der Waals surface area contributed by atoms with Crippen LogP contribution in [0.25, 0.3) is 0 Å². The number of hydrogen-bond donors (Lipinski definition) is 2. The van der Waals surface area contributed by atoms with E-state index in [-0.39, 0.29) is 0 Å². The fourth-order valence-electron chi connectivity index (χ4n) is 3.23. The molecule has 3 N–H and O–H groups in total. The molecule has 0 aromatic rings. The van der Waals surface area contributed by atoms with E-state index < -0.39 is 0 Å². The Hall–Kier alpha value is -0.730. The zero-order chi connectivity index (χ0) is 12.8. The van der Waals surface area contributed by atoms with Crippen LogP contribution in [0.5, 0.6) is 0 Å². The van der Waals surface area contributed by atoms with Crippen molar-refractivity contribution in [2.45, 2.75) is 77.2 Å². The maximum absolute atomic E-state index is 6.04. The first-order valence-corrected chi connectivity index (χ1v) is 7.81. The number of nitrogens with one attached hydrogen (secondary N) is 1. The standard InChI is InChI=1S/C15H29N3/c1-2-15(10-7-11-15)12-17-14(16)18-13-8-5-3-4-6-9-13/h13H,2-12H2,1H3,(H3,16,17,18). The first kappa shape index (κ1) is 13.7. The molecule has 2 rings (SSSR count). The van der Waals surface area contributed by atoms with Crippen LogP contribution in [0.1, 0.15) is 71.1 Å². The van der Waals surface area contributed by atoms with Gasteiger partial charge < -0.3 is 11.1 Å². The molecule has 0 atom stereocenters. The molecule has 2 fully saturated rings. The minimum absolute atomic E-state index is 0.482. The third kappa shape index (κ3) is 3.63. The number of guanidine groups is 1. The minimum atomic E-state index is 0.482. The quantitative estimate of drug-likeness (QED) is 0.458. The summed E-state index contributed by atoms with van der Waals surface area (Å²) in [4.78, 5) is 4.60. The normalized spacial score (nSPS) is 25.3. The highest BCUT2D eigenvalue weighted by Gasteiger charge is 2.34. The van der Waals surface area contributed by atoms with E-state index in [2.05, 4.69) is 17.2 Å². The van der Waals surface area contributed by atoms with Crippen molar-refractivity contribution >= 4 is 5.96 Å². The molecule has 0 saturated heterocycles. The molecule has 0 radical (unpaired) electrons. The van der Waals surface area contributed by atoms with E-state index in [0.717, 1.165) is 6.54 Å². The lowest BCUT2D eigenvalue weighted by atomic mass is 9.67. The summed E-state index contributed by atoms with van der Waals surface area (Å²) in [5.74, 6) is 0.682. The Balaban J connectivity index is 1.77. The lowest BCUT2D eigenvalue weighted by molar-refractivity contribution is 0.139. The van der Waals surface area contributed by atoms with Crippen LogP contribution in [0.3, 0.4) is 0 Å². The highest BCUT2D eigenvalue weighted by molar-refractivity contribution is 5.78. The van der Waals surface area contributed by atoms with Crippen molar-refractivity contribution in [3.8, 4) is 0 Å². The summed E-state index contributed by atoms with van der Waals surface area (Å²) in [5.41, 5.74) is 6.52. The first-order valence-electron chi connectivity index (χ1n) is 7.81. The second-order valence-electron chi connectivity index (χ2n) is 6.24. The molecule has 18 heavy (non-hydrogen) atoms. The molecule has 0 spiro atoms. The molecule has 0 aromatic carbocycles.